The molecule has 1 aromatic heterocycles. The van der Waals surface area contributed by atoms with Gasteiger partial charge in [0, 0.05) is 12.4 Å². The summed E-state index contributed by atoms with van der Waals surface area (Å²) in [6.07, 6.45) is 3.33. The highest BCUT2D eigenvalue weighted by molar-refractivity contribution is 9.10. The van der Waals surface area contributed by atoms with Crippen LogP contribution in [-0.4, -0.2) is 15.1 Å². The van der Waals surface area contributed by atoms with E-state index in [0.29, 0.717) is 5.92 Å². The first-order valence-electron chi connectivity index (χ1n) is 6.25. The molecule has 0 radical (unpaired) electrons. The number of alkyl halides is 1. The average Bonchev–Trinajstić information content (AvgIpc) is 2.54. The fourth-order valence-corrected chi connectivity index (χ4v) is 3.45. The molecule has 0 saturated heterocycles. The van der Waals surface area contributed by atoms with Gasteiger partial charge in [-0.25, -0.2) is 0 Å². The zero-order valence-corrected chi connectivity index (χ0v) is 14.3. The van der Waals surface area contributed by atoms with Crippen molar-refractivity contribution in [3.63, 3.8) is 0 Å². The van der Waals surface area contributed by atoms with Crippen molar-refractivity contribution in [2.75, 3.05) is 5.33 Å². The Morgan fingerprint density at radius 3 is 2.41 bits per heavy atom. The van der Waals surface area contributed by atoms with E-state index in [4.69, 9.17) is 0 Å². The number of halogens is 2. The highest BCUT2D eigenvalue weighted by Gasteiger charge is 2.17. The molecule has 0 saturated carbocycles. The Morgan fingerprint density at radius 2 is 2.00 bits per heavy atom. The first-order chi connectivity index (χ1) is 7.99. The van der Waals surface area contributed by atoms with Crippen molar-refractivity contribution >= 4 is 31.9 Å². The van der Waals surface area contributed by atoms with Crippen molar-refractivity contribution in [1.29, 1.82) is 0 Å². The van der Waals surface area contributed by atoms with E-state index in [1.54, 1.807) is 0 Å². The zero-order valence-electron chi connectivity index (χ0n) is 11.1. The van der Waals surface area contributed by atoms with Crippen molar-refractivity contribution in [3.8, 4) is 0 Å². The van der Waals surface area contributed by atoms with Gasteiger partial charge in [-0.2, -0.15) is 5.10 Å². The van der Waals surface area contributed by atoms with Crippen molar-refractivity contribution in [2.24, 2.45) is 18.9 Å². The van der Waals surface area contributed by atoms with E-state index in [0.717, 1.165) is 24.1 Å². The molecule has 17 heavy (non-hydrogen) atoms. The first kappa shape index (κ1) is 15.2. The Bertz CT molecular complexity index is 359. The predicted molar refractivity (Wildman–Crippen MR) is 80.7 cm³/mol. The van der Waals surface area contributed by atoms with Gasteiger partial charge in [-0.3, -0.25) is 4.68 Å². The third kappa shape index (κ3) is 4.09. The van der Waals surface area contributed by atoms with Gasteiger partial charge in [0.15, 0.2) is 0 Å². The van der Waals surface area contributed by atoms with Crippen LogP contribution in [0.4, 0.5) is 0 Å². The molecule has 0 bridgehead atoms. The standard InChI is InChI=1S/C13H22Br2N2/c1-5-11-13(15)12(17(4)16-11)7-10(8-14)6-9(2)3/h9-10H,5-8H2,1-4H3. The lowest BCUT2D eigenvalue weighted by Crippen LogP contribution is -2.12. The molecule has 1 unspecified atom stereocenters. The van der Waals surface area contributed by atoms with Crippen LogP contribution in [0.2, 0.25) is 0 Å². The van der Waals surface area contributed by atoms with Crippen LogP contribution in [0.25, 0.3) is 0 Å². The number of hydrogen-bond donors (Lipinski definition) is 0. The fraction of sp³-hybridized carbons (Fsp3) is 0.769. The molecule has 0 aliphatic rings. The van der Waals surface area contributed by atoms with Crippen molar-refractivity contribution in [2.45, 2.75) is 40.0 Å². The minimum atomic E-state index is 0.686. The van der Waals surface area contributed by atoms with Crippen LogP contribution in [0.1, 0.15) is 38.6 Å². The number of rotatable bonds is 6. The van der Waals surface area contributed by atoms with Gasteiger partial charge >= 0.3 is 0 Å². The van der Waals surface area contributed by atoms with Crippen LogP contribution >= 0.6 is 31.9 Å². The van der Waals surface area contributed by atoms with Crippen LogP contribution in [-0.2, 0) is 19.9 Å². The molecule has 0 fully saturated rings. The summed E-state index contributed by atoms with van der Waals surface area (Å²) in [5.41, 5.74) is 2.49. The summed E-state index contributed by atoms with van der Waals surface area (Å²) in [7, 11) is 2.04. The van der Waals surface area contributed by atoms with Gasteiger partial charge in [0.05, 0.1) is 15.9 Å². The fourth-order valence-electron chi connectivity index (χ4n) is 2.18. The number of aryl methyl sites for hydroxylation is 2. The molecule has 1 rings (SSSR count). The SMILES string of the molecule is CCc1nn(C)c(CC(CBr)CC(C)C)c1Br. The molecule has 4 heteroatoms. The van der Waals surface area contributed by atoms with Gasteiger partial charge in [-0.15, -0.1) is 0 Å². The summed E-state index contributed by atoms with van der Waals surface area (Å²) in [4.78, 5) is 0. The summed E-state index contributed by atoms with van der Waals surface area (Å²) >= 11 is 7.32. The molecule has 0 aliphatic heterocycles. The van der Waals surface area contributed by atoms with E-state index in [-0.39, 0.29) is 0 Å². The summed E-state index contributed by atoms with van der Waals surface area (Å²) in [6, 6.07) is 0. The van der Waals surface area contributed by atoms with E-state index in [1.165, 1.54) is 22.3 Å². The quantitative estimate of drug-likeness (QED) is 0.685. The molecule has 1 heterocycles. The predicted octanol–water partition coefficient (Wildman–Crippen LogP) is 4.34. The van der Waals surface area contributed by atoms with Crippen molar-refractivity contribution in [1.82, 2.24) is 9.78 Å². The molecule has 0 spiro atoms. The van der Waals surface area contributed by atoms with Crippen LogP contribution in [0.15, 0.2) is 4.47 Å². The third-order valence-corrected chi connectivity index (χ3v) is 4.84. The molecule has 0 aliphatic carbocycles. The maximum Gasteiger partial charge on any atom is 0.0766 e. The molecule has 0 amide bonds. The van der Waals surface area contributed by atoms with Gasteiger partial charge < -0.3 is 0 Å². The molecular formula is C13H22Br2N2. The molecular weight excluding hydrogens is 344 g/mol. The number of aromatic nitrogens is 2. The molecule has 98 valence electrons. The second-order valence-electron chi connectivity index (χ2n) is 5.04. The minimum absolute atomic E-state index is 0.686. The maximum absolute atomic E-state index is 4.55. The monoisotopic (exact) mass is 364 g/mol. The maximum atomic E-state index is 4.55. The first-order valence-corrected chi connectivity index (χ1v) is 8.17. The molecule has 1 atom stereocenters. The number of hydrogen-bond acceptors (Lipinski definition) is 1. The van der Waals surface area contributed by atoms with Crippen molar-refractivity contribution in [3.05, 3.63) is 15.9 Å². The largest absolute Gasteiger partial charge is 0.271 e. The van der Waals surface area contributed by atoms with Crippen LogP contribution in [0, 0.1) is 11.8 Å². The van der Waals surface area contributed by atoms with E-state index in [2.05, 4.69) is 57.7 Å². The smallest absolute Gasteiger partial charge is 0.0766 e. The molecule has 2 nitrogen and oxygen atoms in total. The van der Waals surface area contributed by atoms with Gasteiger partial charge in [-0.1, -0.05) is 36.7 Å². The third-order valence-electron chi connectivity index (χ3n) is 3.01. The Hall–Kier alpha value is 0.170. The van der Waals surface area contributed by atoms with Crippen LogP contribution in [0.3, 0.4) is 0 Å². The highest BCUT2D eigenvalue weighted by Crippen LogP contribution is 2.27. The zero-order chi connectivity index (χ0) is 13.0. The van der Waals surface area contributed by atoms with Gasteiger partial charge in [-0.05, 0) is 47.0 Å². The van der Waals surface area contributed by atoms with Gasteiger partial charge in [0.2, 0.25) is 0 Å². The summed E-state index contributed by atoms with van der Waals surface area (Å²) in [5, 5.41) is 5.61. The summed E-state index contributed by atoms with van der Waals surface area (Å²) in [6.45, 7) is 6.71. The highest BCUT2D eigenvalue weighted by atomic mass is 79.9. The lowest BCUT2D eigenvalue weighted by molar-refractivity contribution is 0.435. The Kier molecular flexibility index (Phi) is 6.21. The van der Waals surface area contributed by atoms with Crippen LogP contribution < -0.4 is 0 Å². The Morgan fingerprint density at radius 1 is 1.35 bits per heavy atom. The van der Waals surface area contributed by atoms with Gasteiger partial charge in [0.1, 0.15) is 0 Å². The Labute approximate surface area is 121 Å². The second kappa shape index (κ2) is 6.93. The molecule has 0 aromatic carbocycles. The minimum Gasteiger partial charge on any atom is -0.271 e. The Balaban J connectivity index is 2.82. The average molecular weight is 366 g/mol. The summed E-state index contributed by atoms with van der Waals surface area (Å²) < 4.78 is 3.23. The topological polar surface area (TPSA) is 17.8 Å². The second-order valence-corrected chi connectivity index (χ2v) is 6.48. The lowest BCUT2D eigenvalue weighted by atomic mass is 9.94. The molecule has 1 aromatic rings. The normalized spacial score (nSPS) is 13.4. The van der Waals surface area contributed by atoms with E-state index in [9.17, 15) is 0 Å². The lowest BCUT2D eigenvalue weighted by Gasteiger charge is -2.16. The van der Waals surface area contributed by atoms with Crippen molar-refractivity contribution < 1.29 is 0 Å². The van der Waals surface area contributed by atoms with Gasteiger partial charge in [0.25, 0.3) is 0 Å². The van der Waals surface area contributed by atoms with E-state index >= 15 is 0 Å². The number of nitrogens with zero attached hydrogens (tertiary/aromatic N) is 2. The molecule has 0 N–H and O–H groups in total. The van der Waals surface area contributed by atoms with Crippen LogP contribution in [0.5, 0.6) is 0 Å². The summed E-state index contributed by atoms with van der Waals surface area (Å²) in [5.74, 6) is 1.43. The van der Waals surface area contributed by atoms with E-state index in [1.807, 2.05) is 11.7 Å². The van der Waals surface area contributed by atoms with E-state index < -0.39 is 0 Å².